The van der Waals surface area contributed by atoms with E-state index < -0.39 is 0 Å². The van der Waals surface area contributed by atoms with Crippen molar-refractivity contribution < 1.29 is 14.7 Å². The Morgan fingerprint density at radius 3 is 2.29 bits per heavy atom. The number of carbonyl (C=O) groups excluding carboxylic acids is 2. The summed E-state index contributed by atoms with van der Waals surface area (Å²) >= 11 is 0. The highest BCUT2D eigenvalue weighted by molar-refractivity contribution is 6.40. The molecule has 0 radical (unpaired) electrons. The summed E-state index contributed by atoms with van der Waals surface area (Å²) < 4.78 is 0. The number of aromatic hydroxyl groups is 1. The SMILES string of the molecule is O=C(C1=NN(c2ccccc2)C(=O)CC1)N1CCN(c2ccccc2O)CC1. The van der Waals surface area contributed by atoms with Crippen molar-refractivity contribution in [2.24, 2.45) is 5.10 Å². The number of hydrogen-bond donors (Lipinski definition) is 1. The Labute approximate surface area is 163 Å². The Balaban J connectivity index is 1.45. The Morgan fingerprint density at radius 2 is 1.57 bits per heavy atom. The second-order valence-corrected chi connectivity index (χ2v) is 6.86. The van der Waals surface area contributed by atoms with E-state index in [-0.39, 0.29) is 24.0 Å². The number of piperazine rings is 1. The van der Waals surface area contributed by atoms with Crippen molar-refractivity contribution in [1.29, 1.82) is 0 Å². The number of amides is 2. The van der Waals surface area contributed by atoms with Gasteiger partial charge in [-0.3, -0.25) is 9.59 Å². The zero-order valence-electron chi connectivity index (χ0n) is 15.5. The van der Waals surface area contributed by atoms with E-state index in [1.807, 2.05) is 30.3 Å². The van der Waals surface area contributed by atoms with Crippen molar-refractivity contribution in [3.8, 4) is 5.75 Å². The minimum atomic E-state index is -0.120. The van der Waals surface area contributed by atoms with E-state index in [0.29, 0.717) is 44.0 Å². The van der Waals surface area contributed by atoms with Crippen LogP contribution in [0, 0.1) is 0 Å². The molecular formula is C21H22N4O3. The van der Waals surface area contributed by atoms with Gasteiger partial charge in [0, 0.05) is 39.0 Å². The summed E-state index contributed by atoms with van der Waals surface area (Å²) in [4.78, 5) is 29.0. The Bertz CT molecular complexity index is 905. The lowest BCUT2D eigenvalue weighted by Gasteiger charge is -2.37. The molecule has 1 N–H and O–H groups in total. The summed E-state index contributed by atoms with van der Waals surface area (Å²) in [6, 6.07) is 16.4. The van der Waals surface area contributed by atoms with Crippen molar-refractivity contribution >= 4 is 28.9 Å². The molecule has 144 valence electrons. The molecule has 2 aliphatic heterocycles. The molecule has 0 saturated carbocycles. The fourth-order valence-corrected chi connectivity index (χ4v) is 3.54. The highest BCUT2D eigenvalue weighted by Crippen LogP contribution is 2.27. The Morgan fingerprint density at radius 1 is 0.893 bits per heavy atom. The summed E-state index contributed by atoms with van der Waals surface area (Å²) in [5, 5.41) is 15.7. The first-order chi connectivity index (χ1) is 13.6. The van der Waals surface area contributed by atoms with Crippen molar-refractivity contribution in [1.82, 2.24) is 4.90 Å². The number of phenols is 1. The zero-order chi connectivity index (χ0) is 19.5. The van der Waals surface area contributed by atoms with Gasteiger partial charge >= 0.3 is 0 Å². The molecule has 0 spiro atoms. The Kier molecular flexibility index (Phi) is 4.97. The van der Waals surface area contributed by atoms with Gasteiger partial charge in [-0.1, -0.05) is 30.3 Å². The van der Waals surface area contributed by atoms with Crippen LogP contribution >= 0.6 is 0 Å². The first-order valence-electron chi connectivity index (χ1n) is 9.41. The number of phenolic OH excluding ortho intramolecular Hbond substituents is 1. The lowest BCUT2D eigenvalue weighted by Crippen LogP contribution is -2.51. The first-order valence-corrected chi connectivity index (χ1v) is 9.41. The predicted molar refractivity (Wildman–Crippen MR) is 107 cm³/mol. The van der Waals surface area contributed by atoms with E-state index in [2.05, 4.69) is 10.0 Å². The van der Waals surface area contributed by atoms with Gasteiger partial charge in [-0.15, -0.1) is 0 Å². The highest BCUT2D eigenvalue weighted by atomic mass is 16.3. The molecule has 2 amide bonds. The van der Waals surface area contributed by atoms with E-state index in [4.69, 9.17) is 0 Å². The molecule has 7 nitrogen and oxygen atoms in total. The molecule has 0 aromatic heterocycles. The maximum atomic E-state index is 12.9. The molecule has 1 saturated heterocycles. The standard InChI is InChI=1S/C21H22N4O3/c26-19-9-5-4-8-18(19)23-12-14-24(15-13-23)21(28)17-10-11-20(27)25(22-17)16-6-2-1-3-7-16/h1-9,26H,10-15H2. The Hall–Kier alpha value is -3.35. The lowest BCUT2D eigenvalue weighted by molar-refractivity contribution is -0.124. The molecule has 0 aliphatic carbocycles. The van der Waals surface area contributed by atoms with Crippen LogP contribution in [0.4, 0.5) is 11.4 Å². The van der Waals surface area contributed by atoms with Crippen LogP contribution in [0.3, 0.4) is 0 Å². The van der Waals surface area contributed by atoms with Crippen LogP contribution in [-0.2, 0) is 9.59 Å². The number of rotatable bonds is 3. The molecule has 7 heteroatoms. The van der Waals surface area contributed by atoms with Crippen LogP contribution < -0.4 is 9.91 Å². The average Bonchev–Trinajstić information content (AvgIpc) is 2.75. The quantitative estimate of drug-likeness (QED) is 0.889. The molecule has 28 heavy (non-hydrogen) atoms. The van der Waals surface area contributed by atoms with Crippen LogP contribution in [-0.4, -0.2) is 53.7 Å². The highest BCUT2D eigenvalue weighted by Gasteiger charge is 2.30. The number of benzene rings is 2. The van der Waals surface area contributed by atoms with Gasteiger partial charge in [0.05, 0.1) is 11.4 Å². The monoisotopic (exact) mass is 378 g/mol. The third-order valence-corrected chi connectivity index (χ3v) is 5.07. The van der Waals surface area contributed by atoms with Gasteiger partial charge in [0.1, 0.15) is 11.5 Å². The molecule has 0 atom stereocenters. The third kappa shape index (κ3) is 3.55. The van der Waals surface area contributed by atoms with Crippen molar-refractivity contribution in [2.45, 2.75) is 12.8 Å². The normalized spacial score (nSPS) is 17.5. The van der Waals surface area contributed by atoms with Crippen LogP contribution in [0.15, 0.2) is 59.7 Å². The number of para-hydroxylation sites is 3. The molecule has 0 unspecified atom stereocenters. The molecule has 2 aromatic rings. The molecule has 2 aliphatic rings. The van der Waals surface area contributed by atoms with Gasteiger partial charge in [-0.05, 0) is 24.3 Å². The average molecular weight is 378 g/mol. The lowest BCUT2D eigenvalue weighted by atomic mass is 10.1. The van der Waals surface area contributed by atoms with E-state index >= 15 is 0 Å². The van der Waals surface area contributed by atoms with Crippen LogP contribution in [0.5, 0.6) is 5.75 Å². The minimum Gasteiger partial charge on any atom is -0.506 e. The zero-order valence-corrected chi connectivity index (χ0v) is 15.5. The molecule has 1 fully saturated rings. The van der Waals surface area contributed by atoms with E-state index in [0.717, 1.165) is 5.69 Å². The van der Waals surface area contributed by atoms with Crippen molar-refractivity contribution in [2.75, 3.05) is 36.1 Å². The largest absolute Gasteiger partial charge is 0.506 e. The van der Waals surface area contributed by atoms with E-state index in [1.54, 1.807) is 29.2 Å². The van der Waals surface area contributed by atoms with E-state index in [9.17, 15) is 14.7 Å². The smallest absolute Gasteiger partial charge is 0.270 e. The predicted octanol–water partition coefficient (Wildman–Crippen LogP) is 2.22. The number of hydrazone groups is 1. The second-order valence-electron chi connectivity index (χ2n) is 6.86. The van der Waals surface area contributed by atoms with Gasteiger partial charge in [-0.2, -0.15) is 5.10 Å². The maximum Gasteiger partial charge on any atom is 0.270 e. The fraction of sp³-hybridized carbons (Fsp3) is 0.286. The summed E-state index contributed by atoms with van der Waals surface area (Å²) in [7, 11) is 0. The summed E-state index contributed by atoms with van der Waals surface area (Å²) in [6.45, 7) is 2.37. The molecular weight excluding hydrogens is 356 g/mol. The number of hydrogen-bond acceptors (Lipinski definition) is 5. The molecule has 0 bridgehead atoms. The van der Waals surface area contributed by atoms with Gasteiger partial charge < -0.3 is 14.9 Å². The third-order valence-electron chi connectivity index (χ3n) is 5.07. The van der Waals surface area contributed by atoms with Crippen molar-refractivity contribution in [3.63, 3.8) is 0 Å². The summed E-state index contributed by atoms with van der Waals surface area (Å²) in [5.74, 6) is 0.0217. The van der Waals surface area contributed by atoms with Gasteiger partial charge in [0.25, 0.3) is 5.91 Å². The topological polar surface area (TPSA) is 76.5 Å². The van der Waals surface area contributed by atoms with Gasteiger partial charge in [0.2, 0.25) is 5.91 Å². The molecule has 2 aromatic carbocycles. The maximum absolute atomic E-state index is 12.9. The number of anilines is 2. The van der Waals surface area contributed by atoms with Crippen LogP contribution in [0.2, 0.25) is 0 Å². The second kappa shape index (κ2) is 7.72. The van der Waals surface area contributed by atoms with Gasteiger partial charge in [0.15, 0.2) is 0 Å². The number of nitrogens with zero attached hydrogens (tertiary/aromatic N) is 4. The number of carbonyl (C=O) groups is 2. The molecule has 2 heterocycles. The minimum absolute atomic E-state index is 0.105. The van der Waals surface area contributed by atoms with E-state index in [1.165, 1.54) is 5.01 Å². The van der Waals surface area contributed by atoms with Gasteiger partial charge in [-0.25, -0.2) is 5.01 Å². The first kappa shape index (κ1) is 18.0. The van der Waals surface area contributed by atoms with Crippen LogP contribution in [0.25, 0.3) is 0 Å². The fourth-order valence-electron chi connectivity index (χ4n) is 3.54. The van der Waals surface area contributed by atoms with Crippen molar-refractivity contribution in [3.05, 3.63) is 54.6 Å². The van der Waals surface area contributed by atoms with Crippen LogP contribution in [0.1, 0.15) is 12.8 Å². The summed E-state index contributed by atoms with van der Waals surface area (Å²) in [5.41, 5.74) is 1.87. The molecule has 4 rings (SSSR count). The summed E-state index contributed by atoms with van der Waals surface area (Å²) in [6.07, 6.45) is 0.637.